The van der Waals surface area contributed by atoms with E-state index < -0.39 is 5.97 Å². The summed E-state index contributed by atoms with van der Waals surface area (Å²) in [6, 6.07) is 1.66. The van der Waals surface area contributed by atoms with Gasteiger partial charge in [0.05, 0.1) is 0 Å². The number of aromatic nitrogens is 3. The maximum Gasteiger partial charge on any atom is 0.358 e. The van der Waals surface area contributed by atoms with Crippen molar-refractivity contribution in [3.63, 3.8) is 0 Å². The Morgan fingerprint density at radius 3 is 3.00 bits per heavy atom. The third kappa shape index (κ3) is 1.17. The van der Waals surface area contributed by atoms with Crippen LogP contribution in [0.5, 0.6) is 0 Å². The highest BCUT2D eigenvalue weighted by atomic mass is 16.4. The molecule has 0 spiro atoms. The number of rotatable bonds is 2. The van der Waals surface area contributed by atoms with Crippen LogP contribution in [0.25, 0.3) is 11.5 Å². The molecule has 0 saturated heterocycles. The summed E-state index contributed by atoms with van der Waals surface area (Å²) in [6.45, 7) is 0. The summed E-state index contributed by atoms with van der Waals surface area (Å²) < 4.78 is 6.52. The summed E-state index contributed by atoms with van der Waals surface area (Å²) in [5.74, 6) is -0.896. The number of oxazole rings is 1. The van der Waals surface area contributed by atoms with Crippen molar-refractivity contribution in [1.29, 1.82) is 0 Å². The minimum atomic E-state index is -1.12. The van der Waals surface area contributed by atoms with Crippen LogP contribution < -0.4 is 0 Å². The molecule has 6 heteroatoms. The molecule has 14 heavy (non-hydrogen) atoms. The van der Waals surface area contributed by atoms with Gasteiger partial charge in [-0.05, 0) is 6.07 Å². The molecule has 0 radical (unpaired) electrons. The predicted molar refractivity (Wildman–Crippen MR) is 45.7 cm³/mol. The number of hydrogen-bond acceptors (Lipinski definition) is 4. The number of carboxylic acids is 1. The van der Waals surface area contributed by atoms with E-state index in [1.54, 1.807) is 19.3 Å². The van der Waals surface area contributed by atoms with E-state index in [-0.39, 0.29) is 11.5 Å². The first-order valence-electron chi connectivity index (χ1n) is 3.85. The molecule has 0 amide bonds. The minimum absolute atomic E-state index is 0.103. The van der Waals surface area contributed by atoms with Gasteiger partial charge in [0.15, 0.2) is 17.8 Å². The summed E-state index contributed by atoms with van der Waals surface area (Å²) in [7, 11) is 1.70. The summed E-state index contributed by atoms with van der Waals surface area (Å²) in [6.07, 6.45) is 2.66. The predicted octanol–water partition coefficient (Wildman–Crippen LogP) is 0.773. The molecule has 72 valence electrons. The zero-order valence-electron chi connectivity index (χ0n) is 7.34. The standard InChI is InChI=1S/C8H7N3O3/c1-11-5(2-3-10-11)7-6(8(12)13)9-4-14-7/h2-4H,1H3,(H,12,13). The molecule has 6 nitrogen and oxygen atoms in total. The second kappa shape index (κ2) is 2.99. The lowest BCUT2D eigenvalue weighted by atomic mass is 10.2. The molecule has 2 aromatic heterocycles. The van der Waals surface area contributed by atoms with E-state index in [0.717, 1.165) is 6.39 Å². The van der Waals surface area contributed by atoms with Gasteiger partial charge in [0.1, 0.15) is 5.69 Å². The molecule has 0 saturated carbocycles. The fourth-order valence-electron chi connectivity index (χ4n) is 1.18. The van der Waals surface area contributed by atoms with Gasteiger partial charge in [-0.25, -0.2) is 9.78 Å². The Labute approximate surface area is 78.8 Å². The second-order valence-corrected chi connectivity index (χ2v) is 2.68. The van der Waals surface area contributed by atoms with E-state index in [2.05, 4.69) is 10.1 Å². The van der Waals surface area contributed by atoms with Crippen LogP contribution in [0.15, 0.2) is 23.1 Å². The maximum atomic E-state index is 10.7. The zero-order valence-corrected chi connectivity index (χ0v) is 7.34. The first-order valence-corrected chi connectivity index (χ1v) is 3.85. The number of aromatic carboxylic acids is 1. The number of carboxylic acid groups (broad SMARTS) is 1. The van der Waals surface area contributed by atoms with Gasteiger partial charge in [0.25, 0.3) is 0 Å². The van der Waals surface area contributed by atoms with E-state index >= 15 is 0 Å². The Morgan fingerprint density at radius 2 is 2.43 bits per heavy atom. The number of aryl methyl sites for hydroxylation is 1. The molecule has 0 atom stereocenters. The van der Waals surface area contributed by atoms with Crippen molar-refractivity contribution in [3.8, 4) is 11.5 Å². The highest BCUT2D eigenvalue weighted by Crippen LogP contribution is 2.21. The monoisotopic (exact) mass is 193 g/mol. The maximum absolute atomic E-state index is 10.7. The van der Waals surface area contributed by atoms with Crippen LogP contribution in [0.3, 0.4) is 0 Å². The average molecular weight is 193 g/mol. The molecule has 0 aliphatic heterocycles. The van der Waals surface area contributed by atoms with Gasteiger partial charge in [-0.2, -0.15) is 5.10 Å². The molecule has 0 bridgehead atoms. The van der Waals surface area contributed by atoms with Crippen molar-refractivity contribution in [2.75, 3.05) is 0 Å². The molecule has 2 aromatic rings. The van der Waals surface area contributed by atoms with Crippen molar-refractivity contribution in [1.82, 2.24) is 14.8 Å². The molecule has 0 aliphatic rings. The van der Waals surface area contributed by atoms with Crippen molar-refractivity contribution >= 4 is 5.97 Å². The topological polar surface area (TPSA) is 81.2 Å². The van der Waals surface area contributed by atoms with Crippen LogP contribution in [-0.4, -0.2) is 25.8 Å². The Bertz CT molecular complexity index is 472. The fraction of sp³-hybridized carbons (Fsp3) is 0.125. The second-order valence-electron chi connectivity index (χ2n) is 2.68. The van der Waals surface area contributed by atoms with E-state index in [1.807, 2.05) is 0 Å². The van der Waals surface area contributed by atoms with Crippen molar-refractivity contribution in [2.45, 2.75) is 0 Å². The largest absolute Gasteiger partial charge is 0.476 e. The Hall–Kier alpha value is -2.11. The lowest BCUT2D eigenvalue weighted by Crippen LogP contribution is -2.01. The zero-order chi connectivity index (χ0) is 10.1. The Balaban J connectivity index is 2.57. The van der Waals surface area contributed by atoms with Gasteiger partial charge in [0.2, 0.25) is 0 Å². The molecule has 0 aromatic carbocycles. The SMILES string of the molecule is Cn1nccc1-c1ocnc1C(=O)O. The van der Waals surface area contributed by atoms with E-state index in [4.69, 9.17) is 9.52 Å². The van der Waals surface area contributed by atoms with Crippen molar-refractivity contribution in [2.24, 2.45) is 7.05 Å². The highest BCUT2D eigenvalue weighted by Gasteiger charge is 2.19. The third-order valence-corrected chi connectivity index (χ3v) is 1.82. The summed E-state index contributed by atoms with van der Waals surface area (Å²) in [5, 5.41) is 12.7. The van der Waals surface area contributed by atoms with E-state index in [1.165, 1.54) is 4.68 Å². The van der Waals surface area contributed by atoms with Crippen LogP contribution in [0.4, 0.5) is 0 Å². The Morgan fingerprint density at radius 1 is 1.64 bits per heavy atom. The van der Waals surface area contributed by atoms with E-state index in [9.17, 15) is 4.79 Å². The molecule has 0 fully saturated rings. The smallest absolute Gasteiger partial charge is 0.358 e. The van der Waals surface area contributed by atoms with Crippen molar-refractivity contribution in [3.05, 3.63) is 24.4 Å². The molecule has 0 aliphatic carbocycles. The molecule has 0 unspecified atom stereocenters. The van der Waals surface area contributed by atoms with Crippen LogP contribution in [0.1, 0.15) is 10.5 Å². The lowest BCUT2D eigenvalue weighted by Gasteiger charge is -1.97. The van der Waals surface area contributed by atoms with Gasteiger partial charge in [0, 0.05) is 13.2 Å². The average Bonchev–Trinajstić information content (AvgIpc) is 2.70. The van der Waals surface area contributed by atoms with Crippen molar-refractivity contribution < 1.29 is 14.3 Å². The van der Waals surface area contributed by atoms with Gasteiger partial charge in [-0.3, -0.25) is 4.68 Å². The Kier molecular flexibility index (Phi) is 1.81. The van der Waals surface area contributed by atoms with Gasteiger partial charge in [-0.1, -0.05) is 0 Å². The van der Waals surface area contributed by atoms with Gasteiger partial charge >= 0.3 is 5.97 Å². The van der Waals surface area contributed by atoms with Crippen LogP contribution in [0, 0.1) is 0 Å². The minimum Gasteiger partial charge on any atom is -0.476 e. The quantitative estimate of drug-likeness (QED) is 0.761. The number of hydrogen-bond donors (Lipinski definition) is 1. The number of nitrogens with zero attached hydrogens (tertiary/aromatic N) is 3. The molecule has 2 heterocycles. The van der Waals surface area contributed by atoms with Crippen LogP contribution >= 0.6 is 0 Å². The highest BCUT2D eigenvalue weighted by molar-refractivity contribution is 5.91. The molecular weight excluding hydrogens is 186 g/mol. The van der Waals surface area contributed by atoms with Crippen LogP contribution in [-0.2, 0) is 7.05 Å². The first kappa shape index (κ1) is 8.49. The summed E-state index contributed by atoms with van der Waals surface area (Å²) in [4.78, 5) is 14.3. The molecular formula is C8H7N3O3. The van der Waals surface area contributed by atoms with E-state index in [0.29, 0.717) is 5.69 Å². The van der Waals surface area contributed by atoms with Crippen LogP contribution in [0.2, 0.25) is 0 Å². The molecule has 1 N–H and O–H groups in total. The van der Waals surface area contributed by atoms with Gasteiger partial charge < -0.3 is 9.52 Å². The summed E-state index contributed by atoms with van der Waals surface area (Å²) in [5.41, 5.74) is 0.480. The number of carbonyl (C=O) groups is 1. The fourth-order valence-corrected chi connectivity index (χ4v) is 1.18. The lowest BCUT2D eigenvalue weighted by molar-refractivity contribution is 0.0691. The molecule has 2 rings (SSSR count). The first-order chi connectivity index (χ1) is 6.70. The van der Waals surface area contributed by atoms with Gasteiger partial charge in [-0.15, -0.1) is 0 Å². The summed E-state index contributed by atoms with van der Waals surface area (Å²) >= 11 is 0. The third-order valence-electron chi connectivity index (χ3n) is 1.82. The normalized spacial score (nSPS) is 10.4.